The third kappa shape index (κ3) is 4.19. The number of hydrogen-bond donors (Lipinski definition) is 0. The molecule has 136 valence electrons. The average molecular weight is 355 g/mol. The molecule has 0 radical (unpaired) electrons. The molecule has 0 saturated carbocycles. The molecule has 1 fully saturated rings. The van der Waals surface area contributed by atoms with Gasteiger partial charge in [-0.3, -0.25) is 0 Å². The molecule has 0 bridgehead atoms. The summed E-state index contributed by atoms with van der Waals surface area (Å²) in [5.74, 6) is 0. The first-order valence-electron chi connectivity index (χ1n) is 9.65. The average Bonchev–Trinajstić information content (AvgIpc) is 2.73. The highest BCUT2D eigenvalue weighted by Crippen LogP contribution is 2.25. The molecule has 3 nitrogen and oxygen atoms in total. The minimum Gasteiger partial charge on any atom is -0.304 e. The summed E-state index contributed by atoms with van der Waals surface area (Å²) >= 11 is 0. The SMILES string of the molecule is CN1CCN(CCc2ccc3cc(-c4ccc(C#N)cc4)ccc3c2)CC1. The molecule has 3 heteroatoms. The first-order valence-corrected chi connectivity index (χ1v) is 9.65. The maximum absolute atomic E-state index is 8.95. The zero-order valence-electron chi connectivity index (χ0n) is 15.9. The van der Waals surface area contributed by atoms with Gasteiger partial charge in [0.2, 0.25) is 0 Å². The van der Waals surface area contributed by atoms with Gasteiger partial charge in [-0.1, -0.05) is 42.5 Å². The molecule has 1 aliphatic heterocycles. The van der Waals surface area contributed by atoms with Crippen molar-refractivity contribution >= 4 is 10.8 Å². The summed E-state index contributed by atoms with van der Waals surface area (Å²) in [6, 6.07) is 23.4. The van der Waals surface area contributed by atoms with Crippen molar-refractivity contribution in [3.63, 3.8) is 0 Å². The molecule has 4 rings (SSSR count). The second-order valence-electron chi connectivity index (χ2n) is 7.48. The van der Waals surface area contributed by atoms with Crippen LogP contribution in [-0.2, 0) is 6.42 Å². The Balaban J connectivity index is 1.47. The van der Waals surface area contributed by atoms with Gasteiger partial charge < -0.3 is 9.80 Å². The van der Waals surface area contributed by atoms with Crippen molar-refractivity contribution in [2.24, 2.45) is 0 Å². The Hall–Kier alpha value is -2.67. The normalized spacial score (nSPS) is 15.7. The molecular formula is C24H25N3. The molecule has 0 spiro atoms. The lowest BCUT2D eigenvalue weighted by Crippen LogP contribution is -2.45. The number of piperazine rings is 1. The Kier molecular flexibility index (Phi) is 5.20. The predicted octanol–water partition coefficient (Wildman–Crippen LogP) is 4.17. The van der Waals surface area contributed by atoms with Gasteiger partial charge in [0.25, 0.3) is 0 Å². The lowest BCUT2D eigenvalue weighted by Gasteiger charge is -2.32. The lowest BCUT2D eigenvalue weighted by molar-refractivity contribution is 0.155. The topological polar surface area (TPSA) is 30.3 Å². The van der Waals surface area contributed by atoms with E-state index in [1.807, 2.05) is 24.3 Å². The molecule has 0 aliphatic carbocycles. The third-order valence-corrected chi connectivity index (χ3v) is 5.56. The van der Waals surface area contributed by atoms with Crippen molar-refractivity contribution in [3.8, 4) is 17.2 Å². The van der Waals surface area contributed by atoms with E-state index < -0.39 is 0 Å². The van der Waals surface area contributed by atoms with Gasteiger partial charge in [0.1, 0.15) is 0 Å². The number of nitriles is 1. The van der Waals surface area contributed by atoms with Crippen molar-refractivity contribution in [1.29, 1.82) is 5.26 Å². The fourth-order valence-electron chi connectivity index (χ4n) is 3.73. The Bertz CT molecular complexity index is 961. The number of nitrogens with zero attached hydrogens (tertiary/aromatic N) is 3. The standard InChI is InChI=1S/C24H25N3/c1-26-12-14-27(15-13-26)11-10-19-2-7-24-17-23(9-8-22(24)16-19)21-5-3-20(18-25)4-6-21/h2-9,16-17H,10-15H2,1H3. The van der Waals surface area contributed by atoms with E-state index in [9.17, 15) is 0 Å². The van der Waals surface area contributed by atoms with Crippen molar-refractivity contribution in [2.45, 2.75) is 6.42 Å². The molecule has 1 aliphatic rings. The van der Waals surface area contributed by atoms with Crippen LogP contribution in [0.2, 0.25) is 0 Å². The molecule has 3 aromatic rings. The van der Waals surface area contributed by atoms with E-state index in [1.54, 1.807) is 0 Å². The van der Waals surface area contributed by atoms with Crippen LogP contribution in [0.5, 0.6) is 0 Å². The smallest absolute Gasteiger partial charge is 0.0991 e. The molecule has 0 unspecified atom stereocenters. The minimum atomic E-state index is 0.699. The fraction of sp³-hybridized carbons (Fsp3) is 0.292. The quantitative estimate of drug-likeness (QED) is 0.704. The predicted molar refractivity (Wildman–Crippen MR) is 112 cm³/mol. The first kappa shape index (κ1) is 17.7. The highest BCUT2D eigenvalue weighted by Gasteiger charge is 2.13. The second-order valence-corrected chi connectivity index (χ2v) is 7.48. The third-order valence-electron chi connectivity index (χ3n) is 5.56. The lowest BCUT2D eigenvalue weighted by atomic mass is 9.98. The first-order chi connectivity index (χ1) is 13.2. The van der Waals surface area contributed by atoms with E-state index in [1.165, 1.54) is 48.1 Å². The van der Waals surface area contributed by atoms with Gasteiger partial charge in [0, 0.05) is 32.7 Å². The highest BCUT2D eigenvalue weighted by molar-refractivity contribution is 5.87. The van der Waals surface area contributed by atoms with Crippen LogP contribution in [0.3, 0.4) is 0 Å². The van der Waals surface area contributed by atoms with E-state index in [4.69, 9.17) is 5.26 Å². The van der Waals surface area contributed by atoms with Gasteiger partial charge in [0.15, 0.2) is 0 Å². The zero-order valence-corrected chi connectivity index (χ0v) is 15.9. The van der Waals surface area contributed by atoms with Crippen LogP contribution in [-0.4, -0.2) is 49.6 Å². The molecule has 0 amide bonds. The van der Waals surface area contributed by atoms with Crippen LogP contribution in [0.25, 0.3) is 21.9 Å². The second kappa shape index (κ2) is 7.92. The number of rotatable bonds is 4. The number of fused-ring (bicyclic) bond motifs is 1. The molecular weight excluding hydrogens is 330 g/mol. The van der Waals surface area contributed by atoms with Crippen molar-refractivity contribution in [2.75, 3.05) is 39.8 Å². The van der Waals surface area contributed by atoms with Crippen LogP contribution >= 0.6 is 0 Å². The number of likely N-dealkylation sites (N-methyl/N-ethyl adjacent to an activating group) is 1. The zero-order chi connectivity index (χ0) is 18.6. The van der Waals surface area contributed by atoms with Crippen LogP contribution < -0.4 is 0 Å². The largest absolute Gasteiger partial charge is 0.304 e. The molecule has 0 atom stereocenters. The summed E-state index contributed by atoms with van der Waals surface area (Å²) in [6.45, 7) is 5.85. The molecule has 1 heterocycles. The number of benzene rings is 3. The fourth-order valence-corrected chi connectivity index (χ4v) is 3.73. The van der Waals surface area contributed by atoms with Gasteiger partial charge in [-0.25, -0.2) is 0 Å². The molecule has 0 aromatic heterocycles. The summed E-state index contributed by atoms with van der Waals surface area (Å²) in [4.78, 5) is 4.97. The Labute approximate surface area is 161 Å². The minimum absolute atomic E-state index is 0.699. The summed E-state index contributed by atoms with van der Waals surface area (Å²) in [5.41, 5.74) is 4.45. The van der Waals surface area contributed by atoms with E-state index in [2.05, 4.69) is 59.3 Å². The van der Waals surface area contributed by atoms with Gasteiger partial charge in [-0.05, 0) is 59.1 Å². The Morgan fingerprint density at radius 3 is 2.22 bits per heavy atom. The molecule has 1 saturated heterocycles. The van der Waals surface area contributed by atoms with Crippen molar-refractivity contribution in [1.82, 2.24) is 9.80 Å². The molecule has 3 aromatic carbocycles. The van der Waals surface area contributed by atoms with Crippen LogP contribution in [0.4, 0.5) is 0 Å². The molecule has 0 N–H and O–H groups in total. The summed E-state index contributed by atoms with van der Waals surface area (Å²) in [5, 5.41) is 11.5. The number of hydrogen-bond acceptors (Lipinski definition) is 3. The van der Waals surface area contributed by atoms with E-state index in [0.717, 1.165) is 18.5 Å². The summed E-state index contributed by atoms with van der Waals surface area (Å²) in [7, 11) is 2.20. The van der Waals surface area contributed by atoms with E-state index >= 15 is 0 Å². The van der Waals surface area contributed by atoms with Gasteiger partial charge in [0.05, 0.1) is 11.6 Å². The van der Waals surface area contributed by atoms with Crippen LogP contribution in [0, 0.1) is 11.3 Å². The van der Waals surface area contributed by atoms with E-state index in [-0.39, 0.29) is 0 Å². The van der Waals surface area contributed by atoms with E-state index in [0.29, 0.717) is 5.56 Å². The Morgan fingerprint density at radius 1 is 0.815 bits per heavy atom. The Morgan fingerprint density at radius 2 is 1.48 bits per heavy atom. The van der Waals surface area contributed by atoms with Crippen LogP contribution in [0.15, 0.2) is 60.7 Å². The maximum atomic E-state index is 8.95. The highest BCUT2D eigenvalue weighted by atomic mass is 15.2. The maximum Gasteiger partial charge on any atom is 0.0991 e. The van der Waals surface area contributed by atoms with Crippen molar-refractivity contribution < 1.29 is 0 Å². The monoisotopic (exact) mass is 355 g/mol. The molecule has 27 heavy (non-hydrogen) atoms. The van der Waals surface area contributed by atoms with Crippen LogP contribution in [0.1, 0.15) is 11.1 Å². The van der Waals surface area contributed by atoms with Crippen molar-refractivity contribution in [3.05, 3.63) is 71.8 Å². The summed E-state index contributed by atoms with van der Waals surface area (Å²) < 4.78 is 0. The van der Waals surface area contributed by atoms with Gasteiger partial charge in [-0.15, -0.1) is 0 Å². The van der Waals surface area contributed by atoms with Gasteiger partial charge >= 0.3 is 0 Å². The van der Waals surface area contributed by atoms with Gasteiger partial charge in [-0.2, -0.15) is 5.26 Å². The summed E-state index contributed by atoms with van der Waals surface area (Å²) in [6.07, 6.45) is 1.11.